The lowest BCUT2D eigenvalue weighted by Crippen LogP contribution is -2.17. The summed E-state index contributed by atoms with van der Waals surface area (Å²) in [5.41, 5.74) is 4.91. The van der Waals surface area contributed by atoms with Crippen LogP contribution in [0.3, 0.4) is 0 Å². The molecular weight excluding hydrogens is 384 g/mol. The Hall–Kier alpha value is -3.17. The van der Waals surface area contributed by atoms with Gasteiger partial charge < -0.3 is 4.98 Å². The van der Waals surface area contributed by atoms with Gasteiger partial charge in [-0.1, -0.05) is 74.4 Å². The number of rotatable bonds is 2. The zero-order valence-corrected chi connectivity index (χ0v) is 18.3. The van der Waals surface area contributed by atoms with Gasteiger partial charge in [-0.2, -0.15) is 0 Å². The highest BCUT2D eigenvalue weighted by molar-refractivity contribution is 7.17. The predicted molar refractivity (Wildman–Crippen MR) is 129 cm³/mol. The highest BCUT2D eigenvalue weighted by Crippen LogP contribution is 2.37. The number of pyridine rings is 1. The Morgan fingerprint density at radius 2 is 1.90 bits per heavy atom. The number of nitrogens with zero attached hydrogens (tertiary/aromatic N) is 2. The number of allylic oxidation sites excluding steroid dienone is 2. The molecule has 1 aliphatic rings. The molecule has 2 aromatic carbocycles. The van der Waals surface area contributed by atoms with Crippen molar-refractivity contribution < 1.29 is 4.58 Å². The molecule has 0 atom stereocenters. The molecule has 0 aliphatic carbocycles. The zero-order chi connectivity index (χ0) is 20.9. The van der Waals surface area contributed by atoms with Crippen molar-refractivity contribution in [3.63, 3.8) is 0 Å². The van der Waals surface area contributed by atoms with E-state index in [1.54, 1.807) is 11.3 Å². The third-order valence-corrected chi connectivity index (χ3v) is 6.63. The second-order valence-corrected chi connectivity index (χ2v) is 9.71. The summed E-state index contributed by atoms with van der Waals surface area (Å²) >= 11 is 1.76. The third-order valence-electron chi connectivity index (χ3n) is 5.67. The van der Waals surface area contributed by atoms with Crippen molar-refractivity contribution >= 4 is 44.5 Å². The number of hydrogen-bond acceptors (Lipinski definition) is 1. The normalized spacial score (nSPS) is 14.6. The van der Waals surface area contributed by atoms with Gasteiger partial charge in [-0.05, 0) is 57.2 Å². The molecule has 148 valence electrons. The van der Waals surface area contributed by atoms with Crippen molar-refractivity contribution in [3.8, 4) is 0 Å². The van der Waals surface area contributed by atoms with Gasteiger partial charge >= 0.3 is 0 Å². The first-order valence-electron chi connectivity index (χ1n) is 10.1. The van der Waals surface area contributed by atoms with Gasteiger partial charge in [0.25, 0.3) is 0 Å². The van der Waals surface area contributed by atoms with E-state index in [-0.39, 0.29) is 5.41 Å². The Morgan fingerprint density at radius 3 is 2.73 bits per heavy atom. The van der Waals surface area contributed by atoms with E-state index in [0.717, 1.165) is 11.6 Å². The lowest BCUT2D eigenvalue weighted by atomic mass is 9.81. The highest BCUT2D eigenvalue weighted by atomic mass is 32.1. The van der Waals surface area contributed by atoms with Crippen LogP contribution in [0, 0.1) is 6.04 Å². The van der Waals surface area contributed by atoms with Gasteiger partial charge in [-0.25, -0.2) is 0 Å². The van der Waals surface area contributed by atoms with Crippen molar-refractivity contribution in [3.05, 3.63) is 101 Å². The van der Waals surface area contributed by atoms with Gasteiger partial charge in [0.2, 0.25) is 0 Å². The van der Waals surface area contributed by atoms with E-state index in [0.29, 0.717) is 0 Å². The summed E-state index contributed by atoms with van der Waals surface area (Å²) in [6.45, 7) is 11.1. The zero-order valence-electron chi connectivity index (χ0n) is 17.5. The molecule has 3 heteroatoms. The summed E-state index contributed by atoms with van der Waals surface area (Å²) in [5.74, 6) is 0. The van der Waals surface area contributed by atoms with Crippen LogP contribution in [-0.4, -0.2) is 16.3 Å². The molecule has 0 N–H and O–H groups in total. The van der Waals surface area contributed by atoms with E-state index in [2.05, 4.69) is 92.5 Å². The van der Waals surface area contributed by atoms with Crippen molar-refractivity contribution in [1.82, 2.24) is 4.98 Å². The van der Waals surface area contributed by atoms with E-state index < -0.39 is 0 Å². The first-order valence-corrected chi connectivity index (χ1v) is 11.0. The second-order valence-electron chi connectivity index (χ2n) is 8.79. The van der Waals surface area contributed by atoms with Crippen LogP contribution < -0.4 is 0 Å². The minimum Gasteiger partial charge on any atom is -0.328 e. The van der Waals surface area contributed by atoms with E-state index in [4.69, 9.17) is 0 Å². The van der Waals surface area contributed by atoms with Crippen LogP contribution in [0.15, 0.2) is 78.6 Å². The van der Waals surface area contributed by atoms with Gasteiger partial charge in [0.05, 0.1) is 6.72 Å². The largest absolute Gasteiger partial charge is 0.328 e. The molecule has 0 fully saturated rings. The van der Waals surface area contributed by atoms with Gasteiger partial charge in [-0.15, -0.1) is 0 Å². The van der Waals surface area contributed by atoms with Crippen LogP contribution in [0.25, 0.3) is 26.4 Å². The maximum atomic E-state index is 4.46. The molecular formula is C27H24N2S. The summed E-state index contributed by atoms with van der Waals surface area (Å²) in [5, 5.41) is 5.88. The fraction of sp³-hybridized carbons (Fsp3) is 0.148. The Balaban J connectivity index is 1.68. The highest BCUT2D eigenvalue weighted by Gasteiger charge is 2.23. The minimum absolute atomic E-state index is 0.0473. The molecule has 0 spiro atoms. The first kappa shape index (κ1) is 18.8. The monoisotopic (exact) mass is 408 g/mol. The molecule has 0 bridgehead atoms. The summed E-state index contributed by atoms with van der Waals surface area (Å²) in [6.07, 6.45) is 10.3. The molecule has 1 aliphatic heterocycles. The fourth-order valence-electron chi connectivity index (χ4n) is 4.12. The third kappa shape index (κ3) is 3.16. The van der Waals surface area contributed by atoms with Crippen LogP contribution in [0.4, 0.5) is 0 Å². The van der Waals surface area contributed by atoms with Crippen LogP contribution in [0.5, 0.6) is 0 Å². The Labute approximate surface area is 181 Å². The first-order chi connectivity index (χ1) is 14.4. The topological polar surface area (TPSA) is 15.9 Å². The summed E-state index contributed by atoms with van der Waals surface area (Å²) < 4.78 is 3.23. The molecule has 3 heterocycles. The molecule has 0 radical (unpaired) electrons. The van der Waals surface area contributed by atoms with E-state index in [1.165, 1.54) is 37.5 Å². The molecule has 0 amide bonds. The van der Waals surface area contributed by atoms with Crippen LogP contribution in [0.2, 0.25) is 0 Å². The van der Waals surface area contributed by atoms with E-state index in [9.17, 15) is 0 Å². The number of fused-ring (bicyclic) bond motifs is 2. The molecule has 2 nitrogen and oxygen atoms in total. The number of benzene rings is 2. The van der Waals surface area contributed by atoms with Crippen LogP contribution in [0.1, 0.15) is 37.5 Å². The summed E-state index contributed by atoms with van der Waals surface area (Å²) in [6, 6.07) is 16.5. The van der Waals surface area contributed by atoms with Crippen molar-refractivity contribution in [1.29, 1.82) is 0 Å². The number of hydrogen-bond donors (Lipinski definition) is 0. The lowest BCUT2D eigenvalue weighted by Gasteiger charge is -2.27. The minimum atomic E-state index is 0.0473. The lowest BCUT2D eigenvalue weighted by molar-refractivity contribution is -0.417. The molecule has 30 heavy (non-hydrogen) atoms. The molecule has 0 saturated carbocycles. The molecule has 5 rings (SSSR count). The van der Waals surface area contributed by atoms with Crippen molar-refractivity contribution in [2.24, 2.45) is 0 Å². The Kier molecular flexibility index (Phi) is 4.37. The molecule has 0 saturated heterocycles. The molecule has 0 unspecified atom stereocenters. The fourth-order valence-corrected chi connectivity index (χ4v) is 5.03. The maximum absolute atomic E-state index is 4.46. The number of aromatic nitrogens is 1. The van der Waals surface area contributed by atoms with Gasteiger partial charge in [0, 0.05) is 0 Å². The molecule has 2 aromatic heterocycles. The Morgan fingerprint density at radius 1 is 1.07 bits per heavy atom. The van der Waals surface area contributed by atoms with E-state index >= 15 is 0 Å². The standard InChI is InChI=1S/C27H24N2S/c1-27(2,3)24-14-21(13-18-7-5-6-8-22(18)24)25-15-19(9-11-29(25)4)23-17-28-16-20-10-12-30-26(20)23/h5-17H,4H2,1-3H3. The van der Waals surface area contributed by atoms with Crippen LogP contribution in [-0.2, 0) is 5.41 Å². The quantitative estimate of drug-likeness (QED) is 0.199. The Bertz CT molecular complexity index is 1350. The maximum Gasteiger partial charge on any atom is 0.175 e. The average molecular weight is 409 g/mol. The van der Waals surface area contributed by atoms with Gasteiger partial charge in [0.1, 0.15) is 29.0 Å². The summed E-state index contributed by atoms with van der Waals surface area (Å²) in [7, 11) is 0. The average Bonchev–Trinajstić information content (AvgIpc) is 3.22. The molecule has 4 aromatic rings. The SMILES string of the molecule is C=[N+]1C=CC(c2cncc3cc[s+][c-]23)=C[C-]1c1cc(C(C)(C)C)c2ccccc2c1. The van der Waals surface area contributed by atoms with Gasteiger partial charge in [0.15, 0.2) is 4.70 Å². The van der Waals surface area contributed by atoms with Gasteiger partial charge in [-0.3, -0.25) is 4.58 Å². The smallest absolute Gasteiger partial charge is 0.175 e. The van der Waals surface area contributed by atoms with Crippen molar-refractivity contribution in [2.75, 3.05) is 0 Å². The predicted octanol–water partition coefficient (Wildman–Crippen LogP) is 6.95. The second kappa shape index (κ2) is 6.96. The van der Waals surface area contributed by atoms with E-state index in [1.807, 2.05) is 23.2 Å². The van der Waals surface area contributed by atoms with Crippen LogP contribution >= 0.6 is 11.3 Å². The van der Waals surface area contributed by atoms with Crippen molar-refractivity contribution in [2.45, 2.75) is 26.2 Å². The summed E-state index contributed by atoms with van der Waals surface area (Å²) in [4.78, 5) is 4.46. The number of thiophene rings is 1.